The number of ether oxygens (including phenoxy) is 1. The lowest BCUT2D eigenvalue weighted by Crippen LogP contribution is -2.30. The van der Waals surface area contributed by atoms with E-state index in [0.29, 0.717) is 34.3 Å². The summed E-state index contributed by atoms with van der Waals surface area (Å²) in [6.07, 6.45) is 1.56. The molecule has 33 heavy (non-hydrogen) atoms. The van der Waals surface area contributed by atoms with E-state index in [2.05, 4.69) is 4.98 Å². The van der Waals surface area contributed by atoms with E-state index in [-0.39, 0.29) is 16.2 Å². The first-order valence-electron chi connectivity index (χ1n) is 10.2. The molecule has 1 amide bonds. The number of benzene rings is 2. The molecule has 1 atom stereocenters. The molecule has 0 radical (unpaired) electrons. The Morgan fingerprint density at radius 2 is 1.91 bits per heavy atom. The number of carbonyl (C=O) groups is 2. The molecule has 3 aromatic rings. The van der Waals surface area contributed by atoms with Gasteiger partial charge in [-0.1, -0.05) is 29.3 Å². The molecule has 2 heterocycles. The van der Waals surface area contributed by atoms with Crippen molar-refractivity contribution in [1.82, 2.24) is 4.98 Å². The number of aliphatic hydroxyl groups is 1. The van der Waals surface area contributed by atoms with Crippen molar-refractivity contribution in [2.24, 2.45) is 0 Å². The Morgan fingerprint density at radius 3 is 2.58 bits per heavy atom. The average Bonchev–Trinajstić information content (AvgIpc) is 3.06. The lowest BCUT2D eigenvalue weighted by Gasteiger charge is -2.26. The number of anilines is 1. The summed E-state index contributed by atoms with van der Waals surface area (Å²) >= 11 is 12.5. The first kappa shape index (κ1) is 22.8. The highest BCUT2D eigenvalue weighted by Crippen LogP contribution is 2.43. The van der Waals surface area contributed by atoms with Crippen molar-refractivity contribution in [3.8, 4) is 5.75 Å². The molecule has 168 valence electrons. The standard InChI is InChI=1S/C25H20Cl2N2O4/c1-3-33-16-8-9-18(27)17(13-16)23(30)21-22(19-6-4-5-11-28-19)29(25(32)24(21)31)20-10-7-15(26)12-14(20)2/h4-13,22,30H,3H2,1-2H3/b23-21+. The van der Waals surface area contributed by atoms with Gasteiger partial charge in [-0.15, -0.1) is 0 Å². The molecule has 1 N–H and O–H groups in total. The van der Waals surface area contributed by atoms with Crippen LogP contribution in [-0.2, 0) is 9.59 Å². The van der Waals surface area contributed by atoms with Crippen LogP contribution >= 0.6 is 23.2 Å². The molecule has 1 aromatic heterocycles. The predicted octanol–water partition coefficient (Wildman–Crippen LogP) is 5.72. The van der Waals surface area contributed by atoms with Crippen molar-refractivity contribution in [1.29, 1.82) is 0 Å². The van der Waals surface area contributed by atoms with Crippen LogP contribution in [-0.4, -0.2) is 28.4 Å². The van der Waals surface area contributed by atoms with Gasteiger partial charge in [0.2, 0.25) is 0 Å². The number of hydrogen-bond donors (Lipinski definition) is 1. The predicted molar refractivity (Wildman–Crippen MR) is 128 cm³/mol. The first-order valence-corrected chi connectivity index (χ1v) is 11.0. The summed E-state index contributed by atoms with van der Waals surface area (Å²) in [5.41, 5.74) is 1.69. The van der Waals surface area contributed by atoms with Gasteiger partial charge >= 0.3 is 0 Å². The number of amides is 1. The molecular weight excluding hydrogens is 463 g/mol. The normalized spacial score (nSPS) is 17.5. The van der Waals surface area contributed by atoms with E-state index >= 15 is 0 Å². The molecule has 4 rings (SSSR count). The van der Waals surface area contributed by atoms with E-state index in [9.17, 15) is 14.7 Å². The Labute approximate surface area is 201 Å². The number of aliphatic hydroxyl groups excluding tert-OH is 1. The van der Waals surface area contributed by atoms with Crippen molar-refractivity contribution >= 4 is 46.3 Å². The fourth-order valence-electron chi connectivity index (χ4n) is 3.88. The highest BCUT2D eigenvalue weighted by atomic mass is 35.5. The number of nitrogens with zero attached hydrogens (tertiary/aromatic N) is 2. The summed E-state index contributed by atoms with van der Waals surface area (Å²) in [5, 5.41) is 12.0. The van der Waals surface area contributed by atoms with Gasteiger partial charge in [0.1, 0.15) is 17.6 Å². The molecule has 0 spiro atoms. The number of Topliss-reactive ketones (excluding diaryl/α,β-unsaturated/α-hetero) is 1. The number of hydrogen-bond acceptors (Lipinski definition) is 5. The maximum atomic E-state index is 13.3. The van der Waals surface area contributed by atoms with Gasteiger partial charge in [-0.2, -0.15) is 0 Å². The molecular formula is C25H20Cl2N2O4. The molecule has 0 saturated carbocycles. The quantitative estimate of drug-likeness (QED) is 0.285. The summed E-state index contributed by atoms with van der Waals surface area (Å²) in [4.78, 5) is 32.2. The van der Waals surface area contributed by atoms with Crippen LogP contribution in [0.25, 0.3) is 5.76 Å². The van der Waals surface area contributed by atoms with E-state index in [1.165, 1.54) is 11.0 Å². The van der Waals surface area contributed by atoms with E-state index in [1.807, 2.05) is 6.92 Å². The van der Waals surface area contributed by atoms with Gasteiger partial charge in [-0.05, 0) is 67.9 Å². The Hall–Kier alpha value is -3.35. The highest BCUT2D eigenvalue weighted by molar-refractivity contribution is 6.52. The van der Waals surface area contributed by atoms with E-state index in [1.54, 1.807) is 61.7 Å². The summed E-state index contributed by atoms with van der Waals surface area (Å²) in [7, 11) is 0. The minimum atomic E-state index is -0.960. The number of rotatable bonds is 5. The molecule has 1 aliphatic heterocycles. The minimum absolute atomic E-state index is 0.108. The smallest absolute Gasteiger partial charge is 0.300 e. The monoisotopic (exact) mass is 482 g/mol. The maximum Gasteiger partial charge on any atom is 0.300 e. The van der Waals surface area contributed by atoms with Crippen LogP contribution in [0.4, 0.5) is 5.69 Å². The molecule has 1 fully saturated rings. The van der Waals surface area contributed by atoms with Gasteiger partial charge in [0.15, 0.2) is 0 Å². The van der Waals surface area contributed by atoms with Crippen LogP contribution in [0.5, 0.6) is 5.75 Å². The average molecular weight is 483 g/mol. The second kappa shape index (κ2) is 9.25. The fourth-order valence-corrected chi connectivity index (χ4v) is 4.31. The van der Waals surface area contributed by atoms with E-state index in [4.69, 9.17) is 27.9 Å². The zero-order chi connectivity index (χ0) is 23.7. The zero-order valence-corrected chi connectivity index (χ0v) is 19.4. The summed E-state index contributed by atoms with van der Waals surface area (Å²) < 4.78 is 5.51. The molecule has 8 heteroatoms. The van der Waals surface area contributed by atoms with Crippen molar-refractivity contribution < 1.29 is 19.4 Å². The van der Waals surface area contributed by atoms with Crippen LogP contribution in [0.15, 0.2) is 66.4 Å². The number of carbonyl (C=O) groups excluding carboxylic acids is 2. The SMILES string of the molecule is CCOc1ccc(Cl)c(/C(O)=C2\C(=O)C(=O)N(c3ccc(Cl)cc3C)C2c2ccccn2)c1. The van der Waals surface area contributed by atoms with E-state index < -0.39 is 23.5 Å². The lowest BCUT2D eigenvalue weighted by molar-refractivity contribution is -0.132. The topological polar surface area (TPSA) is 79.7 Å². The zero-order valence-electron chi connectivity index (χ0n) is 17.9. The van der Waals surface area contributed by atoms with Crippen molar-refractivity contribution in [3.05, 3.63) is 93.2 Å². The highest BCUT2D eigenvalue weighted by Gasteiger charge is 2.48. The van der Waals surface area contributed by atoms with Gasteiger partial charge in [0.25, 0.3) is 11.7 Å². The third-order valence-corrected chi connectivity index (χ3v) is 5.90. The number of halogens is 2. The van der Waals surface area contributed by atoms with Crippen molar-refractivity contribution in [3.63, 3.8) is 0 Å². The molecule has 0 bridgehead atoms. The van der Waals surface area contributed by atoms with Gasteiger partial charge in [0, 0.05) is 22.5 Å². The lowest BCUT2D eigenvalue weighted by atomic mass is 9.97. The molecule has 1 aliphatic rings. The van der Waals surface area contributed by atoms with Crippen molar-refractivity contribution in [2.75, 3.05) is 11.5 Å². The third kappa shape index (κ3) is 4.19. The Morgan fingerprint density at radius 1 is 1.12 bits per heavy atom. The summed E-state index contributed by atoms with van der Waals surface area (Å²) in [6.45, 7) is 4.03. The van der Waals surface area contributed by atoms with Crippen LogP contribution in [0.1, 0.15) is 29.8 Å². The Kier molecular flexibility index (Phi) is 6.40. The largest absolute Gasteiger partial charge is 0.507 e. The van der Waals surface area contributed by atoms with Crippen LogP contribution in [0.3, 0.4) is 0 Å². The summed E-state index contributed by atoms with van der Waals surface area (Å²) in [5.74, 6) is -1.55. The first-order chi connectivity index (χ1) is 15.8. The number of aromatic nitrogens is 1. The number of aryl methyl sites for hydroxylation is 1. The molecule has 1 saturated heterocycles. The number of ketones is 1. The Balaban J connectivity index is 1.96. The minimum Gasteiger partial charge on any atom is -0.507 e. The molecule has 0 aliphatic carbocycles. The van der Waals surface area contributed by atoms with Crippen LogP contribution < -0.4 is 9.64 Å². The van der Waals surface area contributed by atoms with Gasteiger partial charge in [0.05, 0.1) is 22.9 Å². The van der Waals surface area contributed by atoms with Crippen molar-refractivity contribution in [2.45, 2.75) is 19.9 Å². The summed E-state index contributed by atoms with van der Waals surface area (Å²) in [6, 6.07) is 14.0. The van der Waals surface area contributed by atoms with Gasteiger partial charge in [-0.25, -0.2) is 0 Å². The fraction of sp³-hybridized carbons (Fsp3) is 0.160. The molecule has 6 nitrogen and oxygen atoms in total. The van der Waals surface area contributed by atoms with E-state index in [0.717, 1.165) is 0 Å². The molecule has 2 aromatic carbocycles. The second-order valence-electron chi connectivity index (χ2n) is 7.43. The second-order valence-corrected chi connectivity index (χ2v) is 8.27. The molecule has 1 unspecified atom stereocenters. The maximum absolute atomic E-state index is 13.3. The number of pyridine rings is 1. The van der Waals surface area contributed by atoms with Gasteiger partial charge in [-0.3, -0.25) is 19.5 Å². The Bertz CT molecular complexity index is 1270. The van der Waals surface area contributed by atoms with Gasteiger partial charge < -0.3 is 9.84 Å². The van der Waals surface area contributed by atoms with Crippen LogP contribution in [0.2, 0.25) is 10.0 Å². The third-order valence-electron chi connectivity index (χ3n) is 5.33. The van der Waals surface area contributed by atoms with Crippen LogP contribution in [0, 0.1) is 6.92 Å².